The van der Waals surface area contributed by atoms with Crippen LogP contribution in [0.5, 0.6) is 0 Å². The van der Waals surface area contributed by atoms with E-state index in [-0.39, 0.29) is 11.6 Å². The standard InChI is InChI=1S/C17H22N2O4S/c1-11(16(20)19(2)3)23-18-15(17(21)22-4)12-5-7-13(8-6-12)24-14-9-10-14/h5-8,11,14H,9-10H2,1-4H3/b18-15+/t11-/m0/s1. The third-order valence-electron chi connectivity index (χ3n) is 3.42. The van der Waals surface area contributed by atoms with Crippen molar-refractivity contribution in [3.8, 4) is 0 Å². The molecular weight excluding hydrogens is 328 g/mol. The van der Waals surface area contributed by atoms with Crippen LogP contribution in [0, 0.1) is 0 Å². The van der Waals surface area contributed by atoms with Crippen molar-refractivity contribution in [3.63, 3.8) is 0 Å². The van der Waals surface area contributed by atoms with Gasteiger partial charge < -0.3 is 14.5 Å². The molecular formula is C17H22N2O4S. The van der Waals surface area contributed by atoms with Crippen molar-refractivity contribution in [2.75, 3.05) is 21.2 Å². The van der Waals surface area contributed by atoms with Gasteiger partial charge in [-0.15, -0.1) is 11.8 Å². The molecule has 0 unspecified atom stereocenters. The van der Waals surface area contributed by atoms with Crippen molar-refractivity contribution in [1.29, 1.82) is 0 Å². The van der Waals surface area contributed by atoms with Crippen LogP contribution < -0.4 is 0 Å². The summed E-state index contributed by atoms with van der Waals surface area (Å²) in [6, 6.07) is 7.51. The van der Waals surface area contributed by atoms with Gasteiger partial charge in [-0.25, -0.2) is 4.79 Å². The van der Waals surface area contributed by atoms with Gasteiger partial charge in [0.2, 0.25) is 6.10 Å². The number of likely N-dealkylation sites (N-methyl/N-ethyl adjacent to an activating group) is 1. The Morgan fingerprint density at radius 1 is 1.25 bits per heavy atom. The number of rotatable bonds is 7. The SMILES string of the molecule is COC(=O)/C(=N/O[C@@H](C)C(=O)N(C)C)c1ccc(SC2CC2)cc1. The summed E-state index contributed by atoms with van der Waals surface area (Å²) in [7, 11) is 4.54. The van der Waals surface area contributed by atoms with Crippen LogP contribution in [0.1, 0.15) is 25.3 Å². The lowest BCUT2D eigenvalue weighted by molar-refractivity contribution is -0.140. The number of hydrogen-bond acceptors (Lipinski definition) is 6. The molecule has 0 aromatic heterocycles. The highest BCUT2D eigenvalue weighted by molar-refractivity contribution is 8.00. The molecule has 0 spiro atoms. The normalized spacial score (nSPS) is 15.6. The highest BCUT2D eigenvalue weighted by Gasteiger charge is 2.23. The summed E-state index contributed by atoms with van der Waals surface area (Å²) >= 11 is 1.83. The van der Waals surface area contributed by atoms with Crippen molar-refractivity contribution in [3.05, 3.63) is 29.8 Å². The first-order chi connectivity index (χ1) is 11.4. The monoisotopic (exact) mass is 350 g/mol. The van der Waals surface area contributed by atoms with Crippen LogP contribution in [0.25, 0.3) is 0 Å². The number of ether oxygens (including phenoxy) is 1. The third kappa shape index (κ3) is 4.99. The molecule has 1 aromatic rings. The zero-order chi connectivity index (χ0) is 17.7. The predicted molar refractivity (Wildman–Crippen MR) is 93.1 cm³/mol. The second-order valence-corrected chi connectivity index (χ2v) is 7.13. The molecule has 2 rings (SSSR count). The van der Waals surface area contributed by atoms with Crippen molar-refractivity contribution in [2.24, 2.45) is 5.16 Å². The molecule has 1 fully saturated rings. The van der Waals surface area contributed by atoms with Gasteiger partial charge in [0.1, 0.15) is 0 Å². The van der Waals surface area contributed by atoms with E-state index < -0.39 is 12.1 Å². The second kappa shape index (κ2) is 8.19. The first-order valence-corrected chi connectivity index (χ1v) is 8.60. The Balaban J connectivity index is 2.13. The van der Waals surface area contributed by atoms with Crippen LogP contribution >= 0.6 is 11.8 Å². The number of methoxy groups -OCH3 is 1. The lowest BCUT2D eigenvalue weighted by Crippen LogP contribution is -2.33. The number of carbonyl (C=O) groups excluding carboxylic acids is 2. The Labute approximate surface area is 146 Å². The summed E-state index contributed by atoms with van der Waals surface area (Å²) in [5, 5.41) is 4.57. The van der Waals surface area contributed by atoms with Crippen molar-refractivity contribution in [2.45, 2.75) is 36.0 Å². The van der Waals surface area contributed by atoms with E-state index in [0.29, 0.717) is 10.8 Å². The first kappa shape index (κ1) is 18.3. The minimum absolute atomic E-state index is 0.0406. The molecule has 130 valence electrons. The van der Waals surface area contributed by atoms with Gasteiger partial charge in [-0.05, 0) is 31.9 Å². The highest BCUT2D eigenvalue weighted by atomic mass is 32.2. The molecule has 1 aliphatic rings. The topological polar surface area (TPSA) is 68.2 Å². The quantitative estimate of drug-likeness (QED) is 0.429. The van der Waals surface area contributed by atoms with Gasteiger partial charge >= 0.3 is 5.97 Å². The fourth-order valence-electron chi connectivity index (χ4n) is 1.91. The second-order valence-electron chi connectivity index (χ2n) is 5.75. The number of carbonyl (C=O) groups is 2. The first-order valence-electron chi connectivity index (χ1n) is 7.72. The average Bonchev–Trinajstić information content (AvgIpc) is 3.39. The number of nitrogens with zero attached hydrogens (tertiary/aromatic N) is 2. The van der Waals surface area contributed by atoms with E-state index in [1.165, 1.54) is 24.9 Å². The summed E-state index contributed by atoms with van der Waals surface area (Å²) in [5.74, 6) is -0.846. The zero-order valence-electron chi connectivity index (χ0n) is 14.3. The van der Waals surface area contributed by atoms with Gasteiger partial charge in [0.15, 0.2) is 5.71 Å². The van der Waals surface area contributed by atoms with Crippen molar-refractivity contribution in [1.82, 2.24) is 4.90 Å². The molecule has 0 heterocycles. The van der Waals surface area contributed by atoms with E-state index >= 15 is 0 Å². The molecule has 1 saturated carbocycles. The molecule has 0 aliphatic heterocycles. The average molecular weight is 350 g/mol. The van der Waals surface area contributed by atoms with Gasteiger partial charge in [-0.1, -0.05) is 17.3 Å². The molecule has 7 heteroatoms. The molecule has 1 aliphatic carbocycles. The van der Waals surface area contributed by atoms with Gasteiger partial charge in [0, 0.05) is 29.8 Å². The number of oxime groups is 1. The van der Waals surface area contributed by atoms with E-state index in [1.807, 2.05) is 36.0 Å². The summed E-state index contributed by atoms with van der Waals surface area (Å²) < 4.78 is 4.76. The van der Waals surface area contributed by atoms with Crippen LogP contribution in [0.2, 0.25) is 0 Å². The van der Waals surface area contributed by atoms with Crippen LogP contribution in [-0.4, -0.2) is 55.0 Å². The number of thioether (sulfide) groups is 1. The van der Waals surface area contributed by atoms with Crippen molar-refractivity contribution < 1.29 is 19.2 Å². The maximum absolute atomic E-state index is 12.0. The Hall–Kier alpha value is -2.02. The smallest absolute Gasteiger partial charge is 0.360 e. The summed E-state index contributed by atoms with van der Waals surface area (Å²) in [6.45, 7) is 1.58. The maximum atomic E-state index is 12.0. The highest BCUT2D eigenvalue weighted by Crippen LogP contribution is 2.39. The van der Waals surface area contributed by atoms with Gasteiger partial charge in [0.05, 0.1) is 7.11 Å². The zero-order valence-corrected chi connectivity index (χ0v) is 15.1. The summed E-state index contributed by atoms with van der Waals surface area (Å²) in [5.41, 5.74) is 0.630. The molecule has 1 aromatic carbocycles. The number of amides is 1. The third-order valence-corrected chi connectivity index (χ3v) is 4.77. The van der Waals surface area contributed by atoms with Crippen LogP contribution in [-0.2, 0) is 19.2 Å². The molecule has 24 heavy (non-hydrogen) atoms. The molecule has 0 radical (unpaired) electrons. The Bertz CT molecular complexity index is 624. The van der Waals surface area contributed by atoms with E-state index in [4.69, 9.17) is 9.57 Å². The summed E-state index contributed by atoms with van der Waals surface area (Å²) in [4.78, 5) is 31.5. The van der Waals surface area contributed by atoms with Gasteiger partial charge in [-0.3, -0.25) is 4.79 Å². The minimum Gasteiger partial charge on any atom is -0.464 e. The molecule has 1 atom stereocenters. The van der Waals surface area contributed by atoms with Gasteiger partial charge in [-0.2, -0.15) is 0 Å². The van der Waals surface area contributed by atoms with Crippen LogP contribution in [0.3, 0.4) is 0 Å². The largest absolute Gasteiger partial charge is 0.464 e. The Morgan fingerprint density at radius 3 is 2.38 bits per heavy atom. The number of hydrogen-bond donors (Lipinski definition) is 0. The van der Waals surface area contributed by atoms with E-state index in [9.17, 15) is 9.59 Å². The molecule has 0 N–H and O–H groups in total. The predicted octanol–water partition coefficient (Wildman–Crippen LogP) is 2.31. The molecule has 0 saturated heterocycles. The molecule has 0 bridgehead atoms. The maximum Gasteiger partial charge on any atom is 0.360 e. The number of benzene rings is 1. The van der Waals surface area contributed by atoms with E-state index in [0.717, 1.165) is 4.90 Å². The number of esters is 1. The van der Waals surface area contributed by atoms with E-state index in [1.54, 1.807) is 21.0 Å². The van der Waals surface area contributed by atoms with E-state index in [2.05, 4.69) is 5.16 Å². The lowest BCUT2D eigenvalue weighted by atomic mass is 10.1. The summed E-state index contributed by atoms with van der Waals surface area (Å²) in [6.07, 6.45) is 1.73. The minimum atomic E-state index is -0.788. The van der Waals surface area contributed by atoms with Crippen LogP contribution in [0.15, 0.2) is 34.3 Å². The van der Waals surface area contributed by atoms with Crippen LogP contribution in [0.4, 0.5) is 0 Å². The van der Waals surface area contributed by atoms with Gasteiger partial charge in [0.25, 0.3) is 5.91 Å². The molecule has 1 amide bonds. The van der Waals surface area contributed by atoms with Crippen molar-refractivity contribution >= 4 is 29.4 Å². The fraction of sp³-hybridized carbons (Fsp3) is 0.471. The fourth-order valence-corrected chi connectivity index (χ4v) is 2.96. The lowest BCUT2D eigenvalue weighted by Gasteiger charge is -2.15. The molecule has 6 nitrogen and oxygen atoms in total. The Kier molecular flexibility index (Phi) is 6.25. The Morgan fingerprint density at radius 2 is 1.88 bits per heavy atom.